The van der Waals surface area contributed by atoms with Gasteiger partial charge in [-0.1, -0.05) is 6.92 Å². The van der Waals surface area contributed by atoms with Gasteiger partial charge in [-0.25, -0.2) is 4.98 Å². The Labute approximate surface area is 122 Å². The number of aromatic nitrogens is 1. The van der Waals surface area contributed by atoms with Gasteiger partial charge in [0.15, 0.2) is 0 Å². The Morgan fingerprint density at radius 2 is 2.30 bits per heavy atom. The minimum Gasteiger partial charge on any atom is -0.481 e. The number of carbonyl (C=O) groups is 2. The second-order valence-corrected chi connectivity index (χ2v) is 6.43. The molecule has 1 amide bonds. The van der Waals surface area contributed by atoms with Crippen molar-refractivity contribution in [3.63, 3.8) is 0 Å². The van der Waals surface area contributed by atoms with E-state index in [1.807, 2.05) is 12.3 Å². The van der Waals surface area contributed by atoms with Crippen LogP contribution in [0.1, 0.15) is 31.2 Å². The van der Waals surface area contributed by atoms with Crippen LogP contribution in [0.15, 0.2) is 11.6 Å². The first-order valence-corrected chi connectivity index (χ1v) is 7.83. The molecular weight excluding hydrogens is 276 g/mol. The van der Waals surface area contributed by atoms with E-state index in [0.29, 0.717) is 25.9 Å². The molecule has 2 rings (SSSR count). The number of carboxylic acids is 1. The summed E-state index contributed by atoms with van der Waals surface area (Å²) >= 11 is 1.60. The molecule has 2 atom stereocenters. The van der Waals surface area contributed by atoms with Crippen LogP contribution in [0, 0.1) is 11.8 Å². The molecule has 1 aliphatic rings. The van der Waals surface area contributed by atoms with Gasteiger partial charge in [-0.05, 0) is 25.2 Å². The van der Waals surface area contributed by atoms with Gasteiger partial charge in [-0.15, -0.1) is 11.3 Å². The lowest BCUT2D eigenvalue weighted by molar-refractivity contribution is -0.146. The van der Waals surface area contributed by atoms with Gasteiger partial charge in [-0.2, -0.15) is 0 Å². The monoisotopic (exact) mass is 296 g/mol. The zero-order chi connectivity index (χ0) is 14.5. The number of aryl methyl sites for hydroxylation is 1. The number of carboxylic acid groups (broad SMARTS) is 1. The Hall–Kier alpha value is -1.43. The molecule has 1 aromatic rings. The van der Waals surface area contributed by atoms with Gasteiger partial charge in [-0.3, -0.25) is 9.59 Å². The number of rotatable bonds is 5. The maximum atomic E-state index is 12.2. The van der Waals surface area contributed by atoms with Crippen LogP contribution < -0.4 is 0 Å². The number of piperidine rings is 1. The first kappa shape index (κ1) is 15.0. The Morgan fingerprint density at radius 3 is 2.95 bits per heavy atom. The molecule has 1 aromatic heterocycles. The fourth-order valence-electron chi connectivity index (χ4n) is 2.66. The lowest BCUT2D eigenvalue weighted by Crippen LogP contribution is -2.45. The van der Waals surface area contributed by atoms with Crippen LogP contribution >= 0.6 is 11.3 Å². The highest BCUT2D eigenvalue weighted by atomic mass is 32.1. The summed E-state index contributed by atoms with van der Waals surface area (Å²) in [5.41, 5.74) is 0. The van der Waals surface area contributed by atoms with Gasteiger partial charge in [0.2, 0.25) is 5.91 Å². The molecule has 6 heteroatoms. The lowest BCUT2D eigenvalue weighted by atomic mass is 9.90. The fraction of sp³-hybridized carbons (Fsp3) is 0.643. The molecule has 110 valence electrons. The molecule has 20 heavy (non-hydrogen) atoms. The molecule has 5 nitrogen and oxygen atoms in total. The number of hydrogen-bond acceptors (Lipinski definition) is 4. The third kappa shape index (κ3) is 4.03. The molecule has 2 heterocycles. The smallest absolute Gasteiger partial charge is 0.308 e. The quantitative estimate of drug-likeness (QED) is 0.902. The van der Waals surface area contributed by atoms with Crippen LogP contribution in [-0.4, -0.2) is 40.0 Å². The van der Waals surface area contributed by atoms with Gasteiger partial charge in [0.25, 0.3) is 0 Å². The largest absolute Gasteiger partial charge is 0.481 e. The third-order valence-corrected chi connectivity index (χ3v) is 4.47. The van der Waals surface area contributed by atoms with Crippen molar-refractivity contribution in [2.24, 2.45) is 11.8 Å². The maximum Gasteiger partial charge on any atom is 0.308 e. The minimum absolute atomic E-state index is 0.0688. The van der Waals surface area contributed by atoms with Crippen LogP contribution in [0.4, 0.5) is 0 Å². The molecule has 0 aliphatic carbocycles. The Morgan fingerprint density at radius 1 is 1.50 bits per heavy atom. The molecule has 0 bridgehead atoms. The molecule has 2 unspecified atom stereocenters. The van der Waals surface area contributed by atoms with Crippen molar-refractivity contribution in [2.45, 2.75) is 32.6 Å². The molecule has 1 saturated heterocycles. The van der Waals surface area contributed by atoms with E-state index >= 15 is 0 Å². The van der Waals surface area contributed by atoms with E-state index in [-0.39, 0.29) is 11.8 Å². The summed E-state index contributed by atoms with van der Waals surface area (Å²) in [6.45, 7) is 3.04. The number of likely N-dealkylation sites (tertiary alicyclic amines) is 1. The van der Waals surface area contributed by atoms with E-state index in [4.69, 9.17) is 5.11 Å². The molecule has 0 radical (unpaired) electrons. The molecule has 1 N–H and O–H groups in total. The van der Waals surface area contributed by atoms with E-state index in [9.17, 15) is 9.59 Å². The second kappa shape index (κ2) is 6.83. The maximum absolute atomic E-state index is 12.2. The van der Waals surface area contributed by atoms with Crippen molar-refractivity contribution in [1.82, 2.24) is 9.88 Å². The number of aliphatic carboxylic acids is 1. The first-order valence-electron chi connectivity index (χ1n) is 6.95. The molecule has 0 spiro atoms. The van der Waals surface area contributed by atoms with E-state index in [0.717, 1.165) is 17.8 Å². The van der Waals surface area contributed by atoms with Crippen LogP contribution in [0.5, 0.6) is 0 Å². The minimum atomic E-state index is -0.794. The Kier molecular flexibility index (Phi) is 5.11. The summed E-state index contributed by atoms with van der Waals surface area (Å²) in [6.07, 6.45) is 4.49. The molecule has 1 fully saturated rings. The number of nitrogens with zero attached hydrogens (tertiary/aromatic N) is 2. The number of carbonyl (C=O) groups excluding carboxylic acids is 1. The first-order chi connectivity index (χ1) is 9.56. The van der Waals surface area contributed by atoms with Crippen molar-refractivity contribution in [3.05, 3.63) is 16.6 Å². The normalized spacial score (nSPS) is 22.8. The van der Waals surface area contributed by atoms with E-state index in [1.165, 1.54) is 0 Å². The van der Waals surface area contributed by atoms with Crippen LogP contribution in [0.25, 0.3) is 0 Å². The van der Waals surface area contributed by atoms with E-state index in [2.05, 4.69) is 4.98 Å². The van der Waals surface area contributed by atoms with Gasteiger partial charge >= 0.3 is 5.97 Å². The predicted molar refractivity (Wildman–Crippen MR) is 76.5 cm³/mol. The topological polar surface area (TPSA) is 70.5 Å². The zero-order valence-corrected chi connectivity index (χ0v) is 12.4. The van der Waals surface area contributed by atoms with Crippen LogP contribution in [0.3, 0.4) is 0 Å². The van der Waals surface area contributed by atoms with E-state index < -0.39 is 11.9 Å². The fourth-order valence-corrected chi connectivity index (χ4v) is 3.32. The highest BCUT2D eigenvalue weighted by molar-refractivity contribution is 7.09. The van der Waals surface area contributed by atoms with Crippen molar-refractivity contribution in [1.29, 1.82) is 0 Å². The van der Waals surface area contributed by atoms with Crippen molar-refractivity contribution in [2.75, 3.05) is 13.1 Å². The van der Waals surface area contributed by atoms with Crippen molar-refractivity contribution >= 4 is 23.2 Å². The number of hydrogen-bond donors (Lipinski definition) is 1. The number of amides is 1. The average molecular weight is 296 g/mol. The van der Waals surface area contributed by atoms with Gasteiger partial charge in [0.1, 0.15) is 0 Å². The van der Waals surface area contributed by atoms with Crippen molar-refractivity contribution in [3.8, 4) is 0 Å². The molecule has 0 aromatic carbocycles. The summed E-state index contributed by atoms with van der Waals surface area (Å²) in [4.78, 5) is 29.2. The van der Waals surface area contributed by atoms with Crippen LogP contribution in [-0.2, 0) is 16.0 Å². The summed E-state index contributed by atoms with van der Waals surface area (Å²) < 4.78 is 0. The summed E-state index contributed by atoms with van der Waals surface area (Å²) in [7, 11) is 0. The highest BCUT2D eigenvalue weighted by Gasteiger charge is 2.31. The second-order valence-electron chi connectivity index (χ2n) is 5.45. The standard InChI is InChI=1S/C14H20N2O3S/c1-10-7-11(14(18)19)9-16(8-10)13(17)4-2-3-12-15-5-6-20-12/h5-6,10-11H,2-4,7-9H2,1H3,(H,18,19). The zero-order valence-electron chi connectivity index (χ0n) is 11.6. The predicted octanol–water partition coefficient (Wildman–Crippen LogP) is 2.03. The Balaban J connectivity index is 1.80. The van der Waals surface area contributed by atoms with Gasteiger partial charge in [0, 0.05) is 31.1 Å². The summed E-state index contributed by atoms with van der Waals surface area (Å²) in [5, 5.41) is 12.1. The summed E-state index contributed by atoms with van der Waals surface area (Å²) in [6, 6.07) is 0. The van der Waals surface area contributed by atoms with Gasteiger partial charge < -0.3 is 10.0 Å². The van der Waals surface area contributed by atoms with Crippen LogP contribution in [0.2, 0.25) is 0 Å². The summed E-state index contributed by atoms with van der Waals surface area (Å²) in [5.74, 6) is -0.883. The molecule has 0 saturated carbocycles. The molecule has 1 aliphatic heterocycles. The van der Waals surface area contributed by atoms with E-state index in [1.54, 1.807) is 22.4 Å². The van der Waals surface area contributed by atoms with Gasteiger partial charge in [0.05, 0.1) is 10.9 Å². The molecular formula is C14H20N2O3S. The Bertz CT molecular complexity index is 461. The third-order valence-electron chi connectivity index (χ3n) is 3.63. The average Bonchev–Trinajstić information content (AvgIpc) is 2.91. The lowest BCUT2D eigenvalue weighted by Gasteiger charge is -2.34. The highest BCUT2D eigenvalue weighted by Crippen LogP contribution is 2.22. The number of thiazole rings is 1. The van der Waals surface area contributed by atoms with Crippen molar-refractivity contribution < 1.29 is 14.7 Å². The SMILES string of the molecule is CC1CC(C(=O)O)CN(C(=O)CCCc2nccs2)C1.